The normalized spacial score (nSPS) is 12.4. The number of methoxy groups -OCH3 is 1. The second-order valence-electron chi connectivity index (χ2n) is 9.28. The zero-order valence-electron chi connectivity index (χ0n) is 21.2. The number of aliphatic hydroxyl groups is 1. The summed E-state index contributed by atoms with van der Waals surface area (Å²) in [5.74, 6) is 2.59. The molecule has 3 rings (SSSR count). The first-order valence-corrected chi connectivity index (χ1v) is 12.3. The Morgan fingerprint density at radius 3 is 2.44 bits per heavy atom. The molecule has 0 radical (unpaired) electrons. The van der Waals surface area contributed by atoms with Crippen LogP contribution in [-0.2, 0) is 6.54 Å². The van der Waals surface area contributed by atoms with Crippen LogP contribution >= 0.6 is 0 Å². The predicted molar refractivity (Wildman–Crippen MR) is 137 cm³/mol. The molecule has 0 spiro atoms. The maximum Gasteiger partial charge on any atom is 0.227 e. The van der Waals surface area contributed by atoms with Gasteiger partial charge in [0.1, 0.15) is 11.5 Å². The summed E-state index contributed by atoms with van der Waals surface area (Å²) < 4.78 is 13.7. The molecular formula is C28H39N3O3. The summed E-state index contributed by atoms with van der Waals surface area (Å²) in [5.41, 5.74) is 2.88. The molecule has 184 valence electrons. The van der Waals surface area contributed by atoms with Crippen LogP contribution in [0.5, 0.6) is 17.4 Å². The van der Waals surface area contributed by atoms with Crippen LogP contribution in [0.1, 0.15) is 51.3 Å². The molecule has 0 fully saturated rings. The summed E-state index contributed by atoms with van der Waals surface area (Å²) in [6.07, 6.45) is 2.60. The molecule has 0 aliphatic carbocycles. The van der Waals surface area contributed by atoms with E-state index in [0.717, 1.165) is 48.5 Å². The summed E-state index contributed by atoms with van der Waals surface area (Å²) >= 11 is 0. The van der Waals surface area contributed by atoms with Crippen LogP contribution in [-0.4, -0.2) is 46.1 Å². The largest absolute Gasteiger partial charge is 0.497 e. The van der Waals surface area contributed by atoms with Crippen molar-refractivity contribution in [3.8, 4) is 23.1 Å². The van der Waals surface area contributed by atoms with Gasteiger partial charge in [0.25, 0.3) is 0 Å². The number of hydrogen-bond acceptors (Lipinski definition) is 5. The van der Waals surface area contributed by atoms with Crippen molar-refractivity contribution < 1.29 is 14.6 Å². The number of benzene rings is 2. The minimum absolute atomic E-state index is 0.342. The number of aliphatic hydroxyl groups excluding tert-OH is 1. The molecule has 6 nitrogen and oxygen atoms in total. The fourth-order valence-electron chi connectivity index (χ4n) is 4.12. The molecule has 0 aliphatic heterocycles. The number of hydrogen-bond donors (Lipinski definition) is 1. The van der Waals surface area contributed by atoms with Crippen molar-refractivity contribution >= 4 is 0 Å². The minimum atomic E-state index is -0.342. The van der Waals surface area contributed by atoms with Crippen LogP contribution in [0.25, 0.3) is 5.69 Å². The van der Waals surface area contributed by atoms with Gasteiger partial charge >= 0.3 is 0 Å². The predicted octanol–water partition coefficient (Wildman–Crippen LogP) is 5.99. The molecule has 0 amide bonds. The number of para-hydroxylation sites is 1. The van der Waals surface area contributed by atoms with Crippen LogP contribution in [0.4, 0.5) is 0 Å². The lowest BCUT2D eigenvalue weighted by molar-refractivity contribution is 0.0927. The molecule has 0 bridgehead atoms. The lowest BCUT2D eigenvalue weighted by atomic mass is 10.1. The van der Waals surface area contributed by atoms with Crippen LogP contribution < -0.4 is 9.47 Å². The fraction of sp³-hybridized carbons (Fsp3) is 0.464. The maximum absolute atomic E-state index is 10.6. The van der Waals surface area contributed by atoms with Crippen molar-refractivity contribution in [3.05, 3.63) is 65.9 Å². The van der Waals surface area contributed by atoms with Gasteiger partial charge in [-0.25, -0.2) is 4.68 Å². The zero-order chi connectivity index (χ0) is 24.5. The number of aromatic nitrogens is 2. The smallest absolute Gasteiger partial charge is 0.227 e. The van der Waals surface area contributed by atoms with Crippen molar-refractivity contribution in [1.82, 2.24) is 14.7 Å². The molecule has 0 unspecified atom stereocenters. The Kier molecular flexibility index (Phi) is 9.54. The van der Waals surface area contributed by atoms with Gasteiger partial charge in [-0.15, -0.1) is 0 Å². The van der Waals surface area contributed by atoms with E-state index < -0.39 is 0 Å². The van der Waals surface area contributed by atoms with Crippen LogP contribution in [0.2, 0.25) is 0 Å². The molecule has 1 heterocycles. The molecular weight excluding hydrogens is 426 g/mol. The minimum Gasteiger partial charge on any atom is -0.497 e. The van der Waals surface area contributed by atoms with Gasteiger partial charge in [-0.05, 0) is 43.5 Å². The van der Waals surface area contributed by atoms with E-state index in [0.29, 0.717) is 30.6 Å². The zero-order valence-corrected chi connectivity index (χ0v) is 21.2. The van der Waals surface area contributed by atoms with Crippen molar-refractivity contribution in [1.29, 1.82) is 0 Å². The van der Waals surface area contributed by atoms with Gasteiger partial charge in [-0.2, -0.15) is 5.10 Å². The molecule has 0 saturated heterocycles. The summed E-state index contributed by atoms with van der Waals surface area (Å²) in [4.78, 5) is 2.32. The van der Waals surface area contributed by atoms with Crippen LogP contribution in [0, 0.1) is 12.8 Å². The van der Waals surface area contributed by atoms with Gasteiger partial charge in [0.15, 0.2) is 0 Å². The van der Waals surface area contributed by atoms with E-state index in [1.54, 1.807) is 7.11 Å². The highest BCUT2D eigenvalue weighted by Gasteiger charge is 2.23. The first-order valence-electron chi connectivity index (χ1n) is 12.3. The van der Waals surface area contributed by atoms with Gasteiger partial charge in [0, 0.05) is 25.7 Å². The van der Waals surface area contributed by atoms with Crippen molar-refractivity contribution in [2.45, 2.75) is 59.6 Å². The summed E-state index contributed by atoms with van der Waals surface area (Å²) in [6.45, 7) is 10.8. The summed E-state index contributed by atoms with van der Waals surface area (Å²) in [5, 5.41) is 15.5. The summed E-state index contributed by atoms with van der Waals surface area (Å²) in [7, 11) is 1.65. The van der Waals surface area contributed by atoms with E-state index >= 15 is 0 Å². The van der Waals surface area contributed by atoms with Crippen LogP contribution in [0.15, 0.2) is 54.6 Å². The Hall–Kier alpha value is -2.83. The number of nitrogens with zero attached hydrogens (tertiary/aromatic N) is 3. The van der Waals surface area contributed by atoms with E-state index in [1.807, 2.05) is 66.2 Å². The highest BCUT2D eigenvalue weighted by atomic mass is 16.5. The summed E-state index contributed by atoms with van der Waals surface area (Å²) in [6, 6.07) is 17.6. The Labute approximate surface area is 204 Å². The van der Waals surface area contributed by atoms with Gasteiger partial charge in [0.2, 0.25) is 5.88 Å². The Morgan fingerprint density at radius 2 is 1.76 bits per heavy atom. The van der Waals surface area contributed by atoms with E-state index in [9.17, 15) is 5.11 Å². The molecule has 1 aromatic heterocycles. The second kappa shape index (κ2) is 12.6. The lowest BCUT2D eigenvalue weighted by Crippen LogP contribution is -2.35. The number of ether oxygens (including phenoxy) is 2. The Balaban J connectivity index is 1.97. The van der Waals surface area contributed by atoms with Crippen LogP contribution in [0.3, 0.4) is 0 Å². The number of aryl methyl sites for hydroxylation is 1. The lowest BCUT2D eigenvalue weighted by Gasteiger charge is -2.27. The third-order valence-corrected chi connectivity index (χ3v) is 5.76. The number of rotatable bonds is 13. The second-order valence-corrected chi connectivity index (χ2v) is 9.28. The average Bonchev–Trinajstić information content (AvgIpc) is 3.12. The number of unbranched alkanes of at least 4 members (excludes halogenated alkanes) is 1. The molecule has 6 heteroatoms. The third kappa shape index (κ3) is 7.08. The molecule has 3 aromatic rings. The van der Waals surface area contributed by atoms with E-state index in [2.05, 4.69) is 25.7 Å². The molecule has 2 aromatic carbocycles. The SMILES string of the molecule is CCCC[C@H](O)CN(Cc1c(C)nn(-c2ccccc2)c1Oc1cccc(OC)c1)CC(C)C. The average molecular weight is 466 g/mol. The Morgan fingerprint density at radius 1 is 1.03 bits per heavy atom. The monoisotopic (exact) mass is 465 g/mol. The van der Waals surface area contributed by atoms with Gasteiger partial charge in [0.05, 0.1) is 30.2 Å². The van der Waals surface area contributed by atoms with Crippen molar-refractivity contribution in [3.63, 3.8) is 0 Å². The molecule has 1 atom stereocenters. The van der Waals surface area contributed by atoms with Gasteiger partial charge in [-0.1, -0.05) is 57.9 Å². The van der Waals surface area contributed by atoms with E-state index in [4.69, 9.17) is 14.6 Å². The van der Waals surface area contributed by atoms with Gasteiger partial charge in [-0.3, -0.25) is 4.90 Å². The van der Waals surface area contributed by atoms with E-state index in [1.165, 1.54) is 0 Å². The molecule has 1 N–H and O–H groups in total. The fourth-order valence-corrected chi connectivity index (χ4v) is 4.12. The standard InChI is InChI=1S/C28H39N3O3/c1-6-7-14-24(32)19-30(18-21(2)3)20-27-22(4)29-31(23-12-9-8-10-13-23)28(27)34-26-16-11-15-25(17-26)33-5/h8-13,15-17,21,24,32H,6-7,14,18-20H2,1-5H3/t24-/m0/s1. The first-order chi connectivity index (χ1) is 16.4. The maximum atomic E-state index is 10.6. The molecule has 0 aliphatic rings. The Bertz CT molecular complexity index is 1020. The van der Waals surface area contributed by atoms with Gasteiger partial charge < -0.3 is 14.6 Å². The third-order valence-electron chi connectivity index (χ3n) is 5.76. The van der Waals surface area contributed by atoms with E-state index in [-0.39, 0.29) is 6.10 Å². The highest BCUT2D eigenvalue weighted by Crippen LogP contribution is 2.33. The highest BCUT2D eigenvalue weighted by molar-refractivity contribution is 5.44. The topological polar surface area (TPSA) is 59.8 Å². The molecule has 0 saturated carbocycles. The molecule has 34 heavy (non-hydrogen) atoms. The van der Waals surface area contributed by atoms with Crippen molar-refractivity contribution in [2.24, 2.45) is 5.92 Å². The quantitative estimate of drug-likeness (QED) is 0.336. The van der Waals surface area contributed by atoms with Crippen molar-refractivity contribution in [2.75, 3.05) is 20.2 Å². The first kappa shape index (κ1) is 25.8.